The van der Waals surface area contributed by atoms with Crippen LogP contribution in [0.1, 0.15) is 11.1 Å². The Balaban J connectivity index is 2.34. The Morgan fingerprint density at radius 2 is 1.23 bits per heavy atom. The lowest BCUT2D eigenvalue weighted by atomic mass is 10.1. The maximum atomic E-state index is 10.8. The number of benzene rings is 2. The number of methoxy groups -OCH3 is 3. The van der Waals surface area contributed by atoms with Crippen LogP contribution in [0.4, 0.5) is 0 Å². The molecule has 0 radical (unpaired) electrons. The maximum absolute atomic E-state index is 10.8. The first-order chi connectivity index (χ1) is 14.4. The molecule has 0 spiro atoms. The second-order valence-corrected chi connectivity index (χ2v) is 6.54. The van der Waals surface area contributed by atoms with Crippen LogP contribution in [0.3, 0.4) is 0 Å². The molecule has 0 saturated carbocycles. The molecule has 0 fully saturated rings. The van der Waals surface area contributed by atoms with Gasteiger partial charge >= 0.3 is 16.5 Å². The summed E-state index contributed by atoms with van der Waals surface area (Å²) < 4.78 is 45.5. The van der Waals surface area contributed by atoms with Gasteiger partial charge in [-0.05, 0) is 35.4 Å². The van der Waals surface area contributed by atoms with Crippen molar-refractivity contribution in [3.8, 4) is 28.7 Å². The fourth-order valence-electron chi connectivity index (χ4n) is 2.31. The zero-order valence-corrected chi connectivity index (χ0v) is 17.8. The first kappa shape index (κ1) is 23.5. The number of hydrogen-bond acceptors (Lipinski definition) is 9. The lowest BCUT2D eigenvalue weighted by molar-refractivity contribution is -0.103. The van der Waals surface area contributed by atoms with Crippen LogP contribution < -0.4 is 24.0 Å². The van der Waals surface area contributed by atoms with Crippen molar-refractivity contribution in [2.75, 3.05) is 21.3 Å². The lowest BCUT2D eigenvalue weighted by Crippen LogP contribution is -1.97. The van der Waals surface area contributed by atoms with Crippen LogP contribution in [0.25, 0.3) is 12.2 Å². The predicted octanol–water partition coefficient (Wildman–Crippen LogP) is 3.80. The van der Waals surface area contributed by atoms with Crippen molar-refractivity contribution in [2.45, 2.75) is 0 Å². The van der Waals surface area contributed by atoms with Crippen LogP contribution in [-0.2, 0) is 18.5 Å². The third-order valence-corrected chi connectivity index (χ3v) is 3.91. The van der Waals surface area contributed by atoms with E-state index in [0.717, 1.165) is 0 Å². The van der Waals surface area contributed by atoms with E-state index in [-0.39, 0.29) is 17.2 Å². The third kappa shape index (κ3) is 6.64. The van der Waals surface area contributed by atoms with Crippen LogP contribution in [-0.4, -0.2) is 31.1 Å². The van der Waals surface area contributed by atoms with Crippen molar-refractivity contribution in [3.05, 3.63) is 41.5 Å². The first-order valence-electron chi connectivity index (χ1n) is 8.01. The fourth-order valence-corrected chi connectivity index (χ4v) is 2.59. The Morgan fingerprint density at radius 1 is 0.700 bits per heavy atom. The first-order valence-corrected chi connectivity index (χ1v) is 10.3. The minimum atomic E-state index is -2.99. The van der Waals surface area contributed by atoms with E-state index < -0.39 is 16.5 Å². The number of ether oxygens (including phenoxy) is 3. The van der Waals surface area contributed by atoms with Crippen LogP contribution in [0, 0.1) is 0 Å². The Labute approximate surface area is 173 Å². The van der Waals surface area contributed by atoms with E-state index in [4.69, 9.17) is 33.8 Å². The van der Waals surface area contributed by atoms with Crippen LogP contribution >= 0.6 is 16.5 Å². The molecule has 2 atom stereocenters. The zero-order chi connectivity index (χ0) is 22.1. The largest absolute Gasteiger partial charge is 0.735 e. The Bertz CT molecular complexity index is 946. The summed E-state index contributed by atoms with van der Waals surface area (Å²) in [5.74, 6) is 0.870. The summed E-state index contributed by atoms with van der Waals surface area (Å²) in [5.41, 5.74) is 1.21. The average Bonchev–Trinajstić information content (AvgIpc) is 2.74. The molecule has 0 bridgehead atoms. The van der Waals surface area contributed by atoms with Gasteiger partial charge in [0, 0.05) is 9.13 Å². The van der Waals surface area contributed by atoms with Gasteiger partial charge < -0.3 is 14.2 Å². The molecular weight excluding hydrogens is 442 g/mol. The quantitative estimate of drug-likeness (QED) is 0.219. The van der Waals surface area contributed by atoms with Crippen molar-refractivity contribution in [2.24, 2.45) is 0 Å². The molecule has 0 aliphatic heterocycles. The van der Waals surface area contributed by atoms with Gasteiger partial charge in [0.1, 0.15) is 9.35 Å². The summed E-state index contributed by atoms with van der Waals surface area (Å²) >= 11 is 0. The van der Waals surface area contributed by atoms with Gasteiger partial charge in [0.05, 0.1) is 21.3 Å². The van der Waals surface area contributed by atoms with Crippen molar-refractivity contribution in [1.82, 2.24) is 0 Å². The second kappa shape index (κ2) is 11.4. The predicted molar refractivity (Wildman–Crippen MR) is 105 cm³/mol. The summed E-state index contributed by atoms with van der Waals surface area (Å²) in [6, 6.07) is 7.95. The SMILES string of the molecule is COc1ccc(/C=C\c2cc(OC)c(OC)c(OO[P+](=O)O)c2)cc1OO[P+](=O)O. The molecule has 0 heterocycles. The molecule has 30 heavy (non-hydrogen) atoms. The van der Waals surface area contributed by atoms with E-state index in [2.05, 4.69) is 9.35 Å². The van der Waals surface area contributed by atoms with Crippen LogP contribution in [0.15, 0.2) is 30.3 Å². The van der Waals surface area contributed by atoms with E-state index in [1.54, 1.807) is 30.4 Å². The minimum absolute atomic E-state index is 0.0211. The molecule has 2 unspecified atom stereocenters. The topological polar surface area (TPSA) is 139 Å². The molecule has 160 valence electrons. The monoisotopic (exact) mass is 460 g/mol. The van der Waals surface area contributed by atoms with E-state index in [1.165, 1.54) is 33.5 Å². The van der Waals surface area contributed by atoms with Crippen molar-refractivity contribution < 1.29 is 52.3 Å². The van der Waals surface area contributed by atoms with E-state index in [0.29, 0.717) is 22.6 Å². The molecule has 0 aliphatic rings. The highest BCUT2D eigenvalue weighted by Crippen LogP contribution is 2.40. The minimum Gasteiger partial charge on any atom is -0.493 e. The van der Waals surface area contributed by atoms with Crippen molar-refractivity contribution >= 4 is 28.7 Å². The van der Waals surface area contributed by atoms with Gasteiger partial charge in [0.25, 0.3) is 0 Å². The third-order valence-electron chi connectivity index (χ3n) is 3.50. The molecule has 0 aromatic heterocycles. The smallest absolute Gasteiger partial charge is 0.493 e. The maximum Gasteiger partial charge on any atom is 0.735 e. The lowest BCUT2D eigenvalue weighted by Gasteiger charge is -2.11. The molecule has 13 heteroatoms. The zero-order valence-electron chi connectivity index (χ0n) is 16.0. The molecule has 2 N–H and O–H groups in total. The Hall–Kier alpha value is -2.78. The number of rotatable bonds is 11. The highest BCUT2D eigenvalue weighted by atomic mass is 31.1. The van der Waals surface area contributed by atoms with Gasteiger partial charge in [0.15, 0.2) is 11.5 Å². The molecule has 0 aliphatic carbocycles. The standard InChI is InChI=1S/C17H16O11P2/c1-22-13-7-6-11(8-14(13)25-27-29(18)19)4-5-12-9-15(23-2)17(24-3)16(10-12)26-28-30(20)21/h4-10H,1-3H3/p+2/b5-4-. The van der Waals surface area contributed by atoms with E-state index >= 15 is 0 Å². The summed E-state index contributed by atoms with van der Waals surface area (Å²) in [4.78, 5) is 27.2. The van der Waals surface area contributed by atoms with Gasteiger partial charge in [-0.3, -0.25) is 9.78 Å². The van der Waals surface area contributed by atoms with Gasteiger partial charge in [-0.1, -0.05) is 18.2 Å². The van der Waals surface area contributed by atoms with Crippen molar-refractivity contribution in [1.29, 1.82) is 0 Å². The molecule has 11 nitrogen and oxygen atoms in total. The average molecular weight is 460 g/mol. The number of hydrogen-bond donors (Lipinski definition) is 2. The Kier molecular flexibility index (Phi) is 8.94. The van der Waals surface area contributed by atoms with Crippen LogP contribution in [0.2, 0.25) is 0 Å². The van der Waals surface area contributed by atoms with Gasteiger partial charge in [0.2, 0.25) is 17.2 Å². The van der Waals surface area contributed by atoms with Gasteiger partial charge in [-0.2, -0.15) is 0 Å². The molecule has 0 amide bonds. The highest BCUT2D eigenvalue weighted by Gasteiger charge is 2.21. The summed E-state index contributed by atoms with van der Waals surface area (Å²) in [6.45, 7) is 0. The highest BCUT2D eigenvalue weighted by molar-refractivity contribution is 7.32. The molecular formula is C17H18O11P2+2. The fraction of sp³-hybridized carbons (Fsp3) is 0.176. The summed E-state index contributed by atoms with van der Waals surface area (Å²) in [5, 5.41) is 0. The van der Waals surface area contributed by atoms with Crippen LogP contribution in [0.5, 0.6) is 28.7 Å². The van der Waals surface area contributed by atoms with Gasteiger partial charge in [-0.25, -0.2) is 0 Å². The molecule has 2 rings (SSSR count). The van der Waals surface area contributed by atoms with Gasteiger partial charge in [-0.15, -0.1) is 9.79 Å². The van der Waals surface area contributed by atoms with E-state index in [9.17, 15) is 9.13 Å². The summed E-state index contributed by atoms with van der Waals surface area (Å²) in [7, 11) is -1.74. The van der Waals surface area contributed by atoms with Crippen molar-refractivity contribution in [3.63, 3.8) is 0 Å². The Morgan fingerprint density at radius 3 is 1.80 bits per heavy atom. The summed E-state index contributed by atoms with van der Waals surface area (Å²) in [6.07, 6.45) is 3.36. The van der Waals surface area contributed by atoms with E-state index in [1.807, 2.05) is 0 Å². The normalized spacial score (nSPS) is 11.8. The second-order valence-electron chi connectivity index (χ2n) is 5.29. The molecule has 2 aromatic rings. The molecule has 2 aromatic carbocycles. The molecule has 0 saturated heterocycles.